The van der Waals surface area contributed by atoms with Crippen LogP contribution >= 0.6 is 11.3 Å². The normalized spacial score (nSPS) is 14.2. The Morgan fingerprint density at radius 2 is 1.71 bits per heavy atom. The molecule has 0 radical (unpaired) electrons. The lowest BCUT2D eigenvalue weighted by atomic mass is 9.89. The zero-order chi connectivity index (χ0) is 28.0. The standard InChI is InChI=1S/C23H23F3N4O6S2/c1-6-22(7-2)16-15(12-9-8-11(23(24,25)26)10-13(12)36-22)27-20(37-16)28-17(31)14-18(34-3)29-21(38(5,32)33)30-19(14)35-4/h8-10H,6-7H2,1-5H3,(H,27,28,31). The Labute approximate surface area is 220 Å². The first-order valence-electron chi connectivity index (χ1n) is 11.2. The van der Waals surface area contributed by atoms with Crippen LogP contribution < -0.4 is 19.5 Å². The molecule has 0 aliphatic carbocycles. The van der Waals surface area contributed by atoms with E-state index in [1.807, 2.05) is 13.8 Å². The number of anilines is 1. The van der Waals surface area contributed by atoms with E-state index >= 15 is 0 Å². The Morgan fingerprint density at radius 1 is 1.11 bits per heavy atom. The van der Waals surface area contributed by atoms with Crippen LogP contribution in [0.1, 0.15) is 47.5 Å². The number of benzene rings is 1. The largest absolute Gasteiger partial charge is 0.481 e. The Bertz CT molecular complexity index is 1490. The second-order valence-electron chi connectivity index (χ2n) is 8.33. The predicted octanol–water partition coefficient (Wildman–Crippen LogP) is 4.70. The fraction of sp³-hybridized carbons (Fsp3) is 0.391. The average Bonchev–Trinajstić information content (AvgIpc) is 3.30. The molecule has 1 aliphatic rings. The minimum absolute atomic E-state index is 0.0484. The number of alkyl halides is 3. The van der Waals surface area contributed by atoms with Crippen molar-refractivity contribution in [3.63, 3.8) is 0 Å². The van der Waals surface area contributed by atoms with E-state index < -0.39 is 38.2 Å². The quantitative estimate of drug-likeness (QED) is 0.401. The number of thiazole rings is 1. The summed E-state index contributed by atoms with van der Waals surface area (Å²) < 4.78 is 80.3. The molecule has 10 nitrogen and oxygen atoms in total. The second kappa shape index (κ2) is 9.69. The highest BCUT2D eigenvalue weighted by atomic mass is 32.2. The lowest BCUT2D eigenvalue weighted by molar-refractivity contribution is -0.137. The van der Waals surface area contributed by atoms with Gasteiger partial charge in [0, 0.05) is 11.8 Å². The number of carbonyl (C=O) groups is 1. The van der Waals surface area contributed by atoms with Gasteiger partial charge in [-0.2, -0.15) is 23.1 Å². The molecule has 2 aromatic heterocycles. The van der Waals surface area contributed by atoms with Gasteiger partial charge in [-0.05, 0) is 31.0 Å². The average molecular weight is 573 g/mol. The first kappa shape index (κ1) is 27.6. The molecule has 0 spiro atoms. The number of hydrogen-bond donors (Lipinski definition) is 1. The van der Waals surface area contributed by atoms with E-state index in [1.165, 1.54) is 20.3 Å². The number of aromatic nitrogens is 3. The highest BCUT2D eigenvalue weighted by molar-refractivity contribution is 7.90. The monoisotopic (exact) mass is 572 g/mol. The number of fused-ring (bicyclic) bond motifs is 3. The molecular weight excluding hydrogens is 549 g/mol. The van der Waals surface area contributed by atoms with Gasteiger partial charge in [0.2, 0.25) is 21.6 Å². The molecule has 4 rings (SSSR count). The highest BCUT2D eigenvalue weighted by Crippen LogP contribution is 2.52. The third kappa shape index (κ3) is 4.75. The molecule has 0 saturated heterocycles. The molecule has 1 amide bonds. The number of ether oxygens (including phenoxy) is 3. The van der Waals surface area contributed by atoms with Gasteiger partial charge in [-0.1, -0.05) is 25.2 Å². The van der Waals surface area contributed by atoms with Gasteiger partial charge < -0.3 is 14.2 Å². The van der Waals surface area contributed by atoms with E-state index in [4.69, 9.17) is 14.2 Å². The van der Waals surface area contributed by atoms with Gasteiger partial charge in [0.05, 0.1) is 30.4 Å². The summed E-state index contributed by atoms with van der Waals surface area (Å²) in [5, 5.41) is 2.16. The van der Waals surface area contributed by atoms with Gasteiger partial charge in [0.25, 0.3) is 11.1 Å². The van der Waals surface area contributed by atoms with Crippen LogP contribution in [0.25, 0.3) is 11.3 Å². The summed E-state index contributed by atoms with van der Waals surface area (Å²) in [7, 11) is -1.44. The molecule has 15 heteroatoms. The van der Waals surface area contributed by atoms with Crippen molar-refractivity contribution >= 4 is 32.2 Å². The van der Waals surface area contributed by atoms with Crippen LogP contribution in [-0.2, 0) is 21.6 Å². The van der Waals surface area contributed by atoms with Crippen LogP contribution in [0.4, 0.5) is 18.3 Å². The van der Waals surface area contributed by atoms with Crippen LogP contribution in [0.5, 0.6) is 17.5 Å². The molecule has 1 aromatic carbocycles. The van der Waals surface area contributed by atoms with Gasteiger partial charge in [0.15, 0.2) is 10.7 Å². The number of sulfone groups is 1. The van der Waals surface area contributed by atoms with E-state index in [2.05, 4.69) is 20.3 Å². The van der Waals surface area contributed by atoms with Gasteiger partial charge in [-0.25, -0.2) is 13.4 Å². The van der Waals surface area contributed by atoms with Gasteiger partial charge in [0.1, 0.15) is 11.4 Å². The van der Waals surface area contributed by atoms with Crippen LogP contribution in [-0.4, -0.2) is 49.8 Å². The summed E-state index contributed by atoms with van der Waals surface area (Å²) in [6, 6.07) is 3.19. The van der Waals surface area contributed by atoms with Gasteiger partial charge in [-0.15, -0.1) is 0 Å². The maximum atomic E-state index is 13.4. The Morgan fingerprint density at radius 3 is 2.21 bits per heavy atom. The van der Waals surface area contributed by atoms with Crippen LogP contribution in [0.2, 0.25) is 0 Å². The molecule has 3 heterocycles. The van der Waals surface area contributed by atoms with E-state index in [0.29, 0.717) is 29.0 Å². The number of carbonyl (C=O) groups excluding carboxylic acids is 1. The molecular formula is C23H23F3N4O6S2. The molecule has 0 fully saturated rings. The number of rotatable bonds is 7. The Balaban J connectivity index is 1.79. The van der Waals surface area contributed by atoms with Crippen LogP contribution in [0.15, 0.2) is 23.4 Å². The van der Waals surface area contributed by atoms with Crippen molar-refractivity contribution in [1.82, 2.24) is 15.0 Å². The van der Waals surface area contributed by atoms with Crippen molar-refractivity contribution in [2.75, 3.05) is 25.8 Å². The minimum Gasteiger partial charge on any atom is -0.481 e. The third-order valence-electron chi connectivity index (χ3n) is 6.04. The molecule has 0 bridgehead atoms. The van der Waals surface area contributed by atoms with E-state index in [1.54, 1.807) is 0 Å². The fourth-order valence-corrected chi connectivity index (χ4v) is 5.77. The minimum atomic E-state index is -4.55. The van der Waals surface area contributed by atoms with Crippen molar-refractivity contribution in [3.05, 3.63) is 34.2 Å². The summed E-state index contributed by atoms with van der Waals surface area (Å²) >= 11 is 1.11. The number of nitrogens with one attached hydrogen (secondary N) is 1. The van der Waals surface area contributed by atoms with Crippen molar-refractivity contribution in [1.29, 1.82) is 0 Å². The predicted molar refractivity (Wildman–Crippen MR) is 132 cm³/mol. The summed E-state index contributed by atoms with van der Waals surface area (Å²) in [4.78, 5) is 26.1. The number of halogens is 3. The Kier molecular flexibility index (Phi) is 7.03. The SMILES string of the molecule is CCC1(CC)Oc2cc(C(F)(F)F)ccc2-c2nc(NC(=O)c3c(OC)nc(S(C)(=O)=O)nc3OC)sc21. The van der Waals surface area contributed by atoms with Crippen molar-refractivity contribution < 1.29 is 40.6 Å². The second-order valence-corrected chi connectivity index (χ2v) is 11.2. The molecule has 1 N–H and O–H groups in total. The molecule has 3 aromatic rings. The first-order valence-corrected chi connectivity index (χ1v) is 13.9. The molecule has 204 valence electrons. The van der Waals surface area contributed by atoms with Crippen molar-refractivity contribution in [2.24, 2.45) is 0 Å². The molecule has 0 saturated carbocycles. The summed E-state index contributed by atoms with van der Waals surface area (Å²) in [6.45, 7) is 3.69. The lowest BCUT2D eigenvalue weighted by Crippen LogP contribution is -2.34. The zero-order valence-corrected chi connectivity index (χ0v) is 22.5. The van der Waals surface area contributed by atoms with E-state index in [-0.39, 0.29) is 28.2 Å². The maximum Gasteiger partial charge on any atom is 0.416 e. The van der Waals surface area contributed by atoms with Gasteiger partial charge in [-0.3, -0.25) is 10.1 Å². The highest BCUT2D eigenvalue weighted by Gasteiger charge is 2.43. The van der Waals surface area contributed by atoms with Crippen LogP contribution in [0, 0.1) is 0 Å². The molecule has 0 atom stereocenters. The number of amides is 1. The van der Waals surface area contributed by atoms with E-state index in [0.717, 1.165) is 29.7 Å². The number of methoxy groups -OCH3 is 2. The topological polar surface area (TPSA) is 130 Å². The first-order chi connectivity index (χ1) is 17.8. The number of nitrogens with zero attached hydrogens (tertiary/aromatic N) is 3. The molecule has 1 aliphatic heterocycles. The zero-order valence-electron chi connectivity index (χ0n) is 20.9. The third-order valence-corrected chi connectivity index (χ3v) is 8.04. The van der Waals surface area contributed by atoms with E-state index in [9.17, 15) is 26.4 Å². The van der Waals surface area contributed by atoms with Crippen molar-refractivity contribution in [2.45, 2.75) is 43.6 Å². The number of hydrogen-bond acceptors (Lipinski definition) is 10. The van der Waals surface area contributed by atoms with Crippen molar-refractivity contribution in [3.8, 4) is 28.8 Å². The summed E-state index contributed by atoms with van der Waals surface area (Å²) in [5.41, 5.74) is -1.31. The van der Waals surface area contributed by atoms with Gasteiger partial charge >= 0.3 is 6.18 Å². The lowest BCUT2D eigenvalue weighted by Gasteiger charge is -2.36. The molecule has 0 unspecified atom stereocenters. The summed E-state index contributed by atoms with van der Waals surface area (Å²) in [5.74, 6) is -1.41. The Hall–Kier alpha value is -3.46. The maximum absolute atomic E-state index is 13.4. The smallest absolute Gasteiger partial charge is 0.416 e. The summed E-state index contributed by atoms with van der Waals surface area (Å²) in [6.07, 6.45) is -2.78. The fourth-order valence-electron chi connectivity index (χ4n) is 4.03. The van der Waals surface area contributed by atoms with Crippen LogP contribution in [0.3, 0.4) is 0 Å². The molecule has 38 heavy (non-hydrogen) atoms.